The molecule has 0 unspecified atom stereocenters. The van der Waals surface area contributed by atoms with Crippen molar-refractivity contribution in [2.45, 2.75) is 46.1 Å². The molecule has 5 nitrogen and oxygen atoms in total. The third kappa shape index (κ3) is 3.44. The Kier molecular flexibility index (Phi) is 4.40. The van der Waals surface area contributed by atoms with Gasteiger partial charge in [0.05, 0.1) is 11.4 Å². The molecule has 2 aromatic heterocycles. The Labute approximate surface area is 135 Å². The Morgan fingerprint density at radius 1 is 1.27 bits per heavy atom. The van der Waals surface area contributed by atoms with Gasteiger partial charge in [0.15, 0.2) is 5.13 Å². The Balaban J connectivity index is 1.78. The van der Waals surface area contributed by atoms with Crippen LogP contribution >= 0.6 is 11.3 Å². The van der Waals surface area contributed by atoms with Crippen LogP contribution in [0, 0.1) is 13.8 Å². The van der Waals surface area contributed by atoms with Crippen LogP contribution in [0.15, 0.2) is 11.4 Å². The number of hydrogen-bond acceptors (Lipinski definition) is 6. The number of hydrogen-bond donors (Lipinski definition) is 1. The average Bonchev–Trinajstić information content (AvgIpc) is 3.07. The Hall–Kier alpha value is -1.53. The Morgan fingerprint density at radius 3 is 2.73 bits per heavy atom. The zero-order valence-corrected chi connectivity index (χ0v) is 14.4. The average molecular weight is 317 g/mol. The highest BCUT2D eigenvalue weighted by atomic mass is 32.1. The van der Waals surface area contributed by atoms with Gasteiger partial charge in [-0.25, -0.2) is 15.0 Å². The van der Waals surface area contributed by atoms with Gasteiger partial charge < -0.3 is 10.2 Å². The van der Waals surface area contributed by atoms with Crippen molar-refractivity contribution in [3.63, 3.8) is 0 Å². The molecule has 0 aliphatic carbocycles. The van der Waals surface area contributed by atoms with Crippen molar-refractivity contribution < 1.29 is 0 Å². The molecule has 3 heterocycles. The first-order valence-electron chi connectivity index (χ1n) is 7.80. The number of aryl methyl sites for hydroxylation is 2. The molecule has 0 spiro atoms. The summed E-state index contributed by atoms with van der Waals surface area (Å²) in [7, 11) is 0. The van der Waals surface area contributed by atoms with E-state index in [1.165, 1.54) is 6.42 Å². The maximum atomic E-state index is 4.66. The number of nitrogens with zero attached hydrogens (tertiary/aromatic N) is 4. The van der Waals surface area contributed by atoms with Crippen molar-refractivity contribution in [1.29, 1.82) is 0 Å². The second kappa shape index (κ2) is 6.30. The number of aromatic nitrogens is 3. The molecule has 22 heavy (non-hydrogen) atoms. The smallest absolute Gasteiger partial charge is 0.188 e. The predicted molar refractivity (Wildman–Crippen MR) is 91.0 cm³/mol. The van der Waals surface area contributed by atoms with Crippen LogP contribution in [-0.4, -0.2) is 39.0 Å². The van der Waals surface area contributed by atoms with Gasteiger partial charge in [-0.1, -0.05) is 0 Å². The summed E-state index contributed by atoms with van der Waals surface area (Å²) in [6.45, 7) is 10.7. The van der Waals surface area contributed by atoms with Crippen molar-refractivity contribution in [2.24, 2.45) is 0 Å². The summed E-state index contributed by atoms with van der Waals surface area (Å²) < 4.78 is 0. The van der Waals surface area contributed by atoms with E-state index in [2.05, 4.69) is 45.1 Å². The third-order valence-electron chi connectivity index (χ3n) is 4.08. The first-order valence-corrected chi connectivity index (χ1v) is 8.68. The van der Waals surface area contributed by atoms with E-state index >= 15 is 0 Å². The van der Waals surface area contributed by atoms with Gasteiger partial charge in [-0.05, 0) is 40.7 Å². The topological polar surface area (TPSA) is 53.9 Å². The SMILES string of the molecule is Cc1csc(Nc2cc([C@@H]3CCN(C(C)C)C3)nc(C)n2)n1. The second-order valence-electron chi connectivity index (χ2n) is 6.22. The van der Waals surface area contributed by atoms with Crippen LogP contribution in [0.4, 0.5) is 10.9 Å². The molecule has 0 bridgehead atoms. The molecule has 0 radical (unpaired) electrons. The van der Waals surface area contributed by atoms with E-state index in [-0.39, 0.29) is 0 Å². The Morgan fingerprint density at radius 2 is 2.09 bits per heavy atom. The zero-order chi connectivity index (χ0) is 15.7. The zero-order valence-electron chi connectivity index (χ0n) is 13.6. The third-order valence-corrected chi connectivity index (χ3v) is 4.96. The van der Waals surface area contributed by atoms with Gasteiger partial charge >= 0.3 is 0 Å². The van der Waals surface area contributed by atoms with Crippen LogP contribution in [0.3, 0.4) is 0 Å². The molecule has 3 rings (SSSR count). The largest absolute Gasteiger partial charge is 0.316 e. The van der Waals surface area contributed by atoms with E-state index in [1.54, 1.807) is 11.3 Å². The molecule has 0 aromatic carbocycles. The van der Waals surface area contributed by atoms with Crippen LogP contribution in [-0.2, 0) is 0 Å². The fourth-order valence-corrected chi connectivity index (χ4v) is 3.58. The fourth-order valence-electron chi connectivity index (χ4n) is 2.88. The lowest BCUT2D eigenvalue weighted by Gasteiger charge is -2.20. The maximum Gasteiger partial charge on any atom is 0.188 e. The van der Waals surface area contributed by atoms with Crippen molar-refractivity contribution in [3.05, 3.63) is 28.7 Å². The van der Waals surface area contributed by atoms with Crippen molar-refractivity contribution in [3.8, 4) is 0 Å². The summed E-state index contributed by atoms with van der Waals surface area (Å²) >= 11 is 1.60. The molecule has 6 heteroatoms. The summed E-state index contributed by atoms with van der Waals surface area (Å²) in [5.41, 5.74) is 2.17. The van der Waals surface area contributed by atoms with Gasteiger partial charge in [0.25, 0.3) is 0 Å². The number of likely N-dealkylation sites (tertiary alicyclic amines) is 1. The van der Waals surface area contributed by atoms with Crippen LogP contribution in [0.2, 0.25) is 0 Å². The van der Waals surface area contributed by atoms with Crippen molar-refractivity contribution >= 4 is 22.3 Å². The number of nitrogens with one attached hydrogen (secondary N) is 1. The molecule has 1 aliphatic rings. The highest BCUT2D eigenvalue weighted by Crippen LogP contribution is 2.29. The minimum absolute atomic E-state index is 0.502. The van der Waals surface area contributed by atoms with Crippen molar-refractivity contribution in [1.82, 2.24) is 19.9 Å². The first-order chi connectivity index (χ1) is 10.5. The molecule has 1 fully saturated rings. The van der Waals surface area contributed by atoms with E-state index in [0.717, 1.165) is 41.3 Å². The van der Waals surface area contributed by atoms with Gasteiger partial charge in [0.1, 0.15) is 11.6 Å². The van der Waals surface area contributed by atoms with Crippen LogP contribution < -0.4 is 5.32 Å². The van der Waals surface area contributed by atoms with E-state index in [0.29, 0.717) is 12.0 Å². The maximum absolute atomic E-state index is 4.66. The highest BCUT2D eigenvalue weighted by molar-refractivity contribution is 7.13. The second-order valence-corrected chi connectivity index (χ2v) is 7.08. The number of rotatable bonds is 4. The fraction of sp³-hybridized carbons (Fsp3) is 0.562. The van der Waals surface area contributed by atoms with Gasteiger partial charge in [0, 0.05) is 30.0 Å². The summed E-state index contributed by atoms with van der Waals surface area (Å²) in [4.78, 5) is 16.1. The molecular formula is C16H23N5S. The summed E-state index contributed by atoms with van der Waals surface area (Å²) in [6.07, 6.45) is 1.17. The number of thiazole rings is 1. The molecule has 1 saturated heterocycles. The van der Waals surface area contributed by atoms with Crippen LogP contribution in [0.5, 0.6) is 0 Å². The quantitative estimate of drug-likeness (QED) is 0.935. The van der Waals surface area contributed by atoms with E-state index in [4.69, 9.17) is 0 Å². The van der Waals surface area contributed by atoms with E-state index < -0.39 is 0 Å². The molecule has 2 aromatic rings. The molecule has 1 N–H and O–H groups in total. The van der Waals surface area contributed by atoms with E-state index in [1.807, 2.05) is 19.2 Å². The lowest BCUT2D eigenvalue weighted by molar-refractivity contribution is 0.272. The standard InChI is InChI=1S/C16H23N5S/c1-10(2)21-6-5-13(8-21)14-7-15(19-12(4)18-14)20-16-17-11(3)9-22-16/h7,9-10,13H,5-6,8H2,1-4H3,(H,17,18,19,20)/t13-/m1/s1. The van der Waals surface area contributed by atoms with Gasteiger partial charge in [-0.15, -0.1) is 11.3 Å². The molecule has 1 atom stereocenters. The minimum Gasteiger partial charge on any atom is -0.316 e. The summed E-state index contributed by atoms with van der Waals surface area (Å²) in [5.74, 6) is 2.17. The minimum atomic E-state index is 0.502. The molecule has 0 saturated carbocycles. The summed E-state index contributed by atoms with van der Waals surface area (Å²) in [6, 6.07) is 2.68. The van der Waals surface area contributed by atoms with Crippen molar-refractivity contribution in [2.75, 3.05) is 18.4 Å². The van der Waals surface area contributed by atoms with Crippen LogP contribution in [0.25, 0.3) is 0 Å². The van der Waals surface area contributed by atoms with Gasteiger partial charge in [-0.2, -0.15) is 0 Å². The highest BCUT2D eigenvalue weighted by Gasteiger charge is 2.26. The lowest BCUT2D eigenvalue weighted by atomic mass is 10.0. The first kappa shape index (κ1) is 15.4. The van der Waals surface area contributed by atoms with E-state index in [9.17, 15) is 0 Å². The number of anilines is 2. The molecular weight excluding hydrogens is 294 g/mol. The molecule has 0 amide bonds. The van der Waals surface area contributed by atoms with Gasteiger partial charge in [-0.3, -0.25) is 0 Å². The lowest BCUT2D eigenvalue weighted by Crippen LogP contribution is -2.28. The normalized spacial score (nSPS) is 19.0. The van der Waals surface area contributed by atoms with Crippen LogP contribution in [0.1, 0.15) is 43.4 Å². The Bertz CT molecular complexity index is 652. The predicted octanol–water partition coefficient (Wildman–Crippen LogP) is 3.49. The monoisotopic (exact) mass is 317 g/mol. The molecule has 1 aliphatic heterocycles. The molecule has 118 valence electrons. The summed E-state index contributed by atoms with van der Waals surface area (Å²) in [5, 5.41) is 6.23. The van der Waals surface area contributed by atoms with Gasteiger partial charge in [0.2, 0.25) is 0 Å².